The number of rotatable bonds is 1. The molecule has 18 heavy (non-hydrogen) atoms. The van der Waals surface area contributed by atoms with E-state index in [1.165, 1.54) is 12.1 Å². The maximum Gasteiger partial charge on any atom is 0.256 e. The molecule has 1 aliphatic heterocycles. The van der Waals surface area contributed by atoms with Gasteiger partial charge in [0.1, 0.15) is 5.82 Å². The van der Waals surface area contributed by atoms with Crippen LogP contribution in [-0.4, -0.2) is 29.9 Å². The average molecular weight is 315 g/mol. The van der Waals surface area contributed by atoms with E-state index < -0.39 is 5.82 Å². The minimum absolute atomic E-state index is 0.118. The Labute approximate surface area is 114 Å². The highest BCUT2D eigenvalue weighted by Gasteiger charge is 2.28. The molecule has 2 atom stereocenters. The van der Waals surface area contributed by atoms with Crippen molar-refractivity contribution in [3.8, 4) is 0 Å². The van der Waals surface area contributed by atoms with Gasteiger partial charge in [0.25, 0.3) is 5.91 Å². The molecule has 0 aromatic heterocycles. The average Bonchev–Trinajstić information content (AvgIpc) is 2.35. The van der Waals surface area contributed by atoms with E-state index in [0.29, 0.717) is 17.6 Å². The molecule has 3 nitrogen and oxygen atoms in total. The lowest BCUT2D eigenvalue weighted by Crippen LogP contribution is -2.48. The molecule has 0 bridgehead atoms. The van der Waals surface area contributed by atoms with Crippen LogP contribution in [0.15, 0.2) is 22.7 Å². The van der Waals surface area contributed by atoms with E-state index in [1.54, 1.807) is 11.0 Å². The largest absolute Gasteiger partial charge is 0.338 e. The van der Waals surface area contributed by atoms with Crippen LogP contribution >= 0.6 is 15.9 Å². The Balaban J connectivity index is 2.19. The van der Waals surface area contributed by atoms with Crippen molar-refractivity contribution in [3.63, 3.8) is 0 Å². The van der Waals surface area contributed by atoms with Gasteiger partial charge >= 0.3 is 0 Å². The fraction of sp³-hybridized carbons (Fsp3) is 0.462. The van der Waals surface area contributed by atoms with Gasteiger partial charge in [-0.3, -0.25) is 4.79 Å². The topological polar surface area (TPSA) is 46.3 Å². The summed E-state index contributed by atoms with van der Waals surface area (Å²) in [4.78, 5) is 13.9. The molecule has 1 aromatic rings. The molecule has 0 radical (unpaired) electrons. The van der Waals surface area contributed by atoms with Gasteiger partial charge in [-0.05, 0) is 30.5 Å². The third-order valence-corrected chi connectivity index (χ3v) is 3.91. The number of hydrogen-bond donors (Lipinski definition) is 1. The molecule has 1 amide bonds. The molecule has 2 rings (SSSR count). The lowest BCUT2D eigenvalue weighted by atomic mass is 9.94. The van der Waals surface area contributed by atoms with Gasteiger partial charge in [-0.2, -0.15) is 0 Å². The summed E-state index contributed by atoms with van der Waals surface area (Å²) in [6.07, 6.45) is 0.766. The van der Waals surface area contributed by atoms with E-state index >= 15 is 0 Å². The highest BCUT2D eigenvalue weighted by Crippen LogP contribution is 2.21. The summed E-state index contributed by atoms with van der Waals surface area (Å²) in [5.74, 6) is -0.490. The molecule has 1 saturated heterocycles. The molecular formula is C13H16BrFN2O. The number of halogens is 2. The van der Waals surface area contributed by atoms with Gasteiger partial charge in [0.05, 0.1) is 5.56 Å². The summed E-state index contributed by atoms with van der Waals surface area (Å²) >= 11 is 3.25. The van der Waals surface area contributed by atoms with Crippen LogP contribution in [0.2, 0.25) is 0 Å². The second kappa shape index (κ2) is 5.36. The Morgan fingerprint density at radius 2 is 2.28 bits per heavy atom. The van der Waals surface area contributed by atoms with Crippen LogP contribution in [0.4, 0.5) is 4.39 Å². The lowest BCUT2D eigenvalue weighted by molar-refractivity contribution is 0.0659. The van der Waals surface area contributed by atoms with Gasteiger partial charge < -0.3 is 10.6 Å². The Morgan fingerprint density at radius 1 is 1.56 bits per heavy atom. The summed E-state index contributed by atoms with van der Waals surface area (Å²) in [5, 5.41) is 0. The van der Waals surface area contributed by atoms with Crippen LogP contribution in [0.25, 0.3) is 0 Å². The standard InChI is InChI=1S/C13H16BrFN2O/c1-8-7-17(5-4-12(8)16)13(18)10-6-9(14)2-3-11(10)15/h2-3,6,8,12H,4-5,7,16H2,1H3. The van der Waals surface area contributed by atoms with Crippen molar-refractivity contribution in [1.82, 2.24) is 4.90 Å². The van der Waals surface area contributed by atoms with Crippen molar-refractivity contribution in [2.75, 3.05) is 13.1 Å². The number of carbonyl (C=O) groups excluding carboxylic acids is 1. The minimum Gasteiger partial charge on any atom is -0.338 e. The monoisotopic (exact) mass is 314 g/mol. The van der Waals surface area contributed by atoms with Crippen molar-refractivity contribution < 1.29 is 9.18 Å². The van der Waals surface area contributed by atoms with Gasteiger partial charge in [0.2, 0.25) is 0 Å². The minimum atomic E-state index is -0.481. The van der Waals surface area contributed by atoms with E-state index in [9.17, 15) is 9.18 Å². The third-order valence-electron chi connectivity index (χ3n) is 3.42. The number of likely N-dealkylation sites (tertiary alicyclic amines) is 1. The number of benzene rings is 1. The molecule has 1 aliphatic rings. The first kappa shape index (κ1) is 13.5. The summed E-state index contributed by atoms with van der Waals surface area (Å²) in [6, 6.07) is 4.54. The maximum absolute atomic E-state index is 13.7. The molecule has 1 aromatic carbocycles. The number of nitrogens with zero attached hydrogens (tertiary/aromatic N) is 1. The molecule has 1 heterocycles. The van der Waals surface area contributed by atoms with Crippen molar-refractivity contribution >= 4 is 21.8 Å². The molecule has 2 unspecified atom stereocenters. The van der Waals surface area contributed by atoms with Gasteiger partial charge in [-0.1, -0.05) is 22.9 Å². The van der Waals surface area contributed by atoms with Crippen molar-refractivity contribution in [1.29, 1.82) is 0 Å². The second-order valence-corrected chi connectivity index (χ2v) is 5.72. The van der Waals surface area contributed by atoms with Crippen molar-refractivity contribution in [3.05, 3.63) is 34.1 Å². The molecule has 98 valence electrons. The Hall–Kier alpha value is -0.940. The molecule has 2 N–H and O–H groups in total. The zero-order valence-corrected chi connectivity index (χ0v) is 11.8. The number of piperidine rings is 1. The Bertz CT molecular complexity index is 466. The lowest BCUT2D eigenvalue weighted by Gasteiger charge is -2.35. The number of hydrogen-bond acceptors (Lipinski definition) is 2. The smallest absolute Gasteiger partial charge is 0.256 e. The number of nitrogens with two attached hydrogens (primary N) is 1. The first-order valence-electron chi connectivity index (χ1n) is 5.99. The first-order valence-corrected chi connectivity index (χ1v) is 6.78. The summed E-state index contributed by atoms with van der Waals surface area (Å²) in [5.41, 5.74) is 6.03. The van der Waals surface area contributed by atoms with E-state index in [0.717, 1.165) is 6.42 Å². The summed E-state index contributed by atoms with van der Waals surface area (Å²) in [6.45, 7) is 3.20. The van der Waals surface area contributed by atoms with E-state index in [4.69, 9.17) is 5.73 Å². The SMILES string of the molecule is CC1CN(C(=O)c2cc(Br)ccc2F)CCC1N. The molecular weight excluding hydrogens is 299 g/mol. The first-order chi connectivity index (χ1) is 8.49. The van der Waals surface area contributed by atoms with Crippen LogP contribution in [0, 0.1) is 11.7 Å². The predicted octanol–water partition coefficient (Wildman–Crippen LogP) is 2.40. The zero-order valence-electron chi connectivity index (χ0n) is 10.2. The molecule has 0 spiro atoms. The van der Waals surface area contributed by atoms with Gasteiger partial charge in [-0.15, -0.1) is 0 Å². The van der Waals surface area contributed by atoms with Crippen LogP contribution < -0.4 is 5.73 Å². The molecule has 0 saturated carbocycles. The van der Waals surface area contributed by atoms with Crippen LogP contribution in [0.1, 0.15) is 23.7 Å². The Morgan fingerprint density at radius 3 is 2.94 bits per heavy atom. The van der Waals surface area contributed by atoms with Crippen LogP contribution in [0.3, 0.4) is 0 Å². The summed E-state index contributed by atoms with van der Waals surface area (Å²) < 4.78 is 14.4. The zero-order chi connectivity index (χ0) is 13.3. The summed E-state index contributed by atoms with van der Waals surface area (Å²) in [7, 11) is 0. The third kappa shape index (κ3) is 2.72. The predicted molar refractivity (Wildman–Crippen MR) is 71.8 cm³/mol. The maximum atomic E-state index is 13.7. The highest BCUT2D eigenvalue weighted by molar-refractivity contribution is 9.10. The van der Waals surface area contributed by atoms with Crippen molar-refractivity contribution in [2.45, 2.75) is 19.4 Å². The fourth-order valence-electron chi connectivity index (χ4n) is 2.18. The van der Waals surface area contributed by atoms with E-state index in [-0.39, 0.29) is 23.4 Å². The van der Waals surface area contributed by atoms with Gasteiger partial charge in [-0.25, -0.2) is 4.39 Å². The van der Waals surface area contributed by atoms with Gasteiger partial charge in [0.15, 0.2) is 0 Å². The van der Waals surface area contributed by atoms with Gasteiger partial charge in [0, 0.05) is 23.6 Å². The normalized spacial score (nSPS) is 24.1. The number of amides is 1. The van der Waals surface area contributed by atoms with Crippen LogP contribution in [0.5, 0.6) is 0 Å². The van der Waals surface area contributed by atoms with Crippen molar-refractivity contribution in [2.24, 2.45) is 11.7 Å². The molecule has 1 fully saturated rings. The fourth-order valence-corrected chi connectivity index (χ4v) is 2.54. The quantitative estimate of drug-likeness (QED) is 0.865. The molecule has 0 aliphatic carbocycles. The Kier molecular flexibility index (Phi) is 4.02. The second-order valence-electron chi connectivity index (χ2n) is 4.81. The number of carbonyl (C=O) groups is 1. The van der Waals surface area contributed by atoms with E-state index in [1.807, 2.05) is 6.92 Å². The molecule has 5 heteroatoms. The van der Waals surface area contributed by atoms with Crippen LogP contribution in [-0.2, 0) is 0 Å². The highest BCUT2D eigenvalue weighted by atomic mass is 79.9. The van der Waals surface area contributed by atoms with E-state index in [2.05, 4.69) is 15.9 Å².